The molecule has 599 valence electrons. The van der Waals surface area contributed by atoms with Crippen molar-refractivity contribution in [3.05, 3.63) is 400 Å². The molecule has 16 aromatic carbocycles. The number of rotatable bonds is 11. The largest absolute Gasteiger partial charge is 0.456 e. The third-order valence-corrected chi connectivity index (χ3v) is 24.6. The molecule has 10 nitrogen and oxygen atoms in total. The van der Waals surface area contributed by atoms with Crippen LogP contribution in [-0.2, 0) is 25.5 Å². The van der Waals surface area contributed by atoms with Gasteiger partial charge in [-0.2, -0.15) is 0 Å². The summed E-state index contributed by atoms with van der Waals surface area (Å²) in [7, 11) is 0. The zero-order valence-corrected chi connectivity index (χ0v) is 72.1. The zero-order valence-electron chi connectivity index (χ0n) is 69.7. The number of para-hydroxylation sites is 10. The Labute approximate surface area is 731 Å². The van der Waals surface area contributed by atoms with E-state index >= 15 is 0 Å². The van der Waals surface area contributed by atoms with E-state index in [1.54, 1.807) is 0 Å². The average Bonchev–Trinajstić information content (AvgIpc) is 1.58. The molecule has 124 heavy (non-hydrogen) atoms. The summed E-state index contributed by atoms with van der Waals surface area (Å²) in [5.41, 5.74) is 29.4. The zero-order chi connectivity index (χ0) is 82.7. The Hall–Kier alpha value is -14.7. The fourth-order valence-corrected chi connectivity index (χ4v) is 18.8. The molecule has 11 heteroatoms. The van der Waals surface area contributed by atoms with Gasteiger partial charge in [0.05, 0.1) is 50.0 Å². The van der Waals surface area contributed by atoms with Crippen LogP contribution in [0.3, 0.4) is 0 Å². The quantitative estimate of drug-likeness (QED) is 0.120. The number of fused-ring (bicyclic) bond motifs is 18. The molecule has 24 rings (SSSR count). The maximum Gasteiger partial charge on any atom is 0.143 e. The molecule has 0 aliphatic heterocycles. The van der Waals surface area contributed by atoms with Gasteiger partial charge in [0.15, 0.2) is 0 Å². The van der Waals surface area contributed by atoms with E-state index < -0.39 is 0 Å². The number of furan rings is 2. The Morgan fingerprint density at radius 3 is 1.22 bits per heavy atom. The number of nitrogens with zero attached hydrogens (tertiary/aromatic N) is 8. The summed E-state index contributed by atoms with van der Waals surface area (Å²) in [5, 5.41) is 14.6. The average molecular weight is 1780 g/mol. The number of aromatic nitrogens is 8. The molecular formula is C113H85IrN8O2-. The maximum atomic E-state index is 6.36. The summed E-state index contributed by atoms with van der Waals surface area (Å²) in [6.45, 7) is 15.2. The second-order valence-electron chi connectivity index (χ2n) is 33.8. The van der Waals surface area contributed by atoms with E-state index in [1.165, 1.54) is 126 Å². The van der Waals surface area contributed by atoms with E-state index in [1.807, 2.05) is 30.7 Å². The standard InChI is InChI=1S/C48H30N2O.C42H26N2O.C23H29N4.Ir/c1-2-11-34(12-3-1)49-43-18-7-4-13-37(43)41-29-32(23-27-45(41)49)33-24-28-46-42(30-33)38-14-5-8-19-44(38)50(46)35-25-21-31(22-26-35)36-16-10-17-40-39-15-6-9-20-47(39)51-48(36)40;1-5-16-37-31(12-1)32-13-2-6-17-38(32)43(37)29-11-9-10-27(24-29)28-20-22-41-35(25-28)36-26-30(21-23-42(36)45-41)44-39-18-7-3-14-33(39)34-15-4-8-19-40(34)44;1-15(2)18-9-8-10-19(16(3)4)20(18)27-12-11-24-21(27)17-13-25-22(26-14-17)23(5,6)7;/h1-30H;1-26H;8-13,15-16H,1-7H3;/q;;-1;. The van der Waals surface area contributed by atoms with E-state index in [9.17, 15) is 0 Å². The topological polar surface area (TPSA) is 89.6 Å². The van der Waals surface area contributed by atoms with Crippen LogP contribution < -0.4 is 0 Å². The van der Waals surface area contributed by atoms with Crippen LogP contribution in [0, 0.1) is 6.20 Å². The van der Waals surface area contributed by atoms with E-state index in [-0.39, 0.29) is 25.5 Å². The van der Waals surface area contributed by atoms with Gasteiger partial charge in [0.1, 0.15) is 22.3 Å². The molecule has 0 atom stereocenters. The van der Waals surface area contributed by atoms with Gasteiger partial charge in [0.25, 0.3) is 0 Å². The fourth-order valence-electron chi connectivity index (χ4n) is 18.8. The van der Waals surface area contributed by atoms with Gasteiger partial charge in [-0.05, 0) is 196 Å². The molecule has 0 unspecified atom stereocenters. The first-order chi connectivity index (χ1) is 60.3. The SMILES string of the molecule is CC(C)c1cccc(C(C)C)c1-n1ccnc1-c1[c-]nc(C(C)(C)C)nc1.[Ir].c1cc(-c2ccc3oc4ccc(-n5c6ccccc6c6ccccc65)cc4c3c2)cc(-n2c3ccccc3c3ccccc32)c1.c1ccc(-n2c3ccccc3c3cc(-c4ccc5c(c4)c4ccccc4n5-c4ccc(-c5cccc6c5oc5ccccc56)cc4)ccc32)cc1. The molecule has 0 bridgehead atoms. The third kappa shape index (κ3) is 13.1. The van der Waals surface area contributed by atoms with E-state index in [2.05, 4.69) is 438 Å². The second kappa shape index (κ2) is 31.1. The number of benzene rings is 16. The van der Waals surface area contributed by atoms with Crippen molar-refractivity contribution in [1.29, 1.82) is 0 Å². The van der Waals surface area contributed by atoms with Gasteiger partial charge in [-0.1, -0.05) is 285 Å². The summed E-state index contributed by atoms with van der Waals surface area (Å²) in [6, 6.07) is 129. The van der Waals surface area contributed by atoms with Gasteiger partial charge < -0.3 is 41.6 Å². The number of hydrogen-bond acceptors (Lipinski definition) is 5. The Bertz CT molecular complexity index is 8110. The van der Waals surface area contributed by atoms with Crippen molar-refractivity contribution >= 4 is 131 Å². The van der Waals surface area contributed by atoms with Crippen LogP contribution >= 0.6 is 0 Å². The summed E-state index contributed by atoms with van der Waals surface area (Å²) in [5.74, 6) is 2.44. The Balaban J connectivity index is 0.000000119. The van der Waals surface area contributed by atoms with Crippen LogP contribution in [0.1, 0.15) is 77.3 Å². The molecule has 0 spiro atoms. The van der Waals surface area contributed by atoms with Gasteiger partial charge in [0.2, 0.25) is 0 Å². The van der Waals surface area contributed by atoms with E-state index in [0.717, 1.165) is 94.8 Å². The van der Waals surface area contributed by atoms with Crippen molar-refractivity contribution in [3.8, 4) is 73.2 Å². The molecular weight excluding hydrogens is 1690 g/mol. The van der Waals surface area contributed by atoms with Crippen LogP contribution in [0.4, 0.5) is 0 Å². The number of imidazole rings is 1. The van der Waals surface area contributed by atoms with Crippen LogP contribution in [-0.4, -0.2) is 37.8 Å². The van der Waals surface area contributed by atoms with Gasteiger partial charge in [-0.25, -0.2) is 0 Å². The van der Waals surface area contributed by atoms with E-state index in [0.29, 0.717) is 11.8 Å². The van der Waals surface area contributed by atoms with Gasteiger partial charge in [-0.15, -0.1) is 0 Å². The Kier molecular flexibility index (Phi) is 19.2. The molecule has 24 aromatic rings. The van der Waals surface area contributed by atoms with Crippen LogP contribution in [0.15, 0.2) is 385 Å². The normalized spacial score (nSPS) is 11.9. The molecule has 0 saturated carbocycles. The second-order valence-corrected chi connectivity index (χ2v) is 33.8. The Morgan fingerprint density at radius 2 is 0.694 bits per heavy atom. The molecule has 0 amide bonds. The Morgan fingerprint density at radius 1 is 0.306 bits per heavy atom. The fraction of sp³-hybridized carbons (Fsp3) is 0.0885. The first-order valence-corrected chi connectivity index (χ1v) is 42.4. The van der Waals surface area contributed by atoms with E-state index in [4.69, 9.17) is 8.83 Å². The van der Waals surface area contributed by atoms with Crippen LogP contribution in [0.5, 0.6) is 0 Å². The minimum atomic E-state index is -0.0977. The molecule has 1 radical (unpaired) electrons. The van der Waals surface area contributed by atoms with Crippen molar-refractivity contribution in [2.75, 3.05) is 0 Å². The van der Waals surface area contributed by atoms with Crippen molar-refractivity contribution in [1.82, 2.24) is 37.8 Å². The molecule has 0 N–H and O–H groups in total. The van der Waals surface area contributed by atoms with Crippen LogP contribution in [0.25, 0.3) is 204 Å². The monoisotopic (exact) mass is 1780 g/mol. The summed E-state index contributed by atoms with van der Waals surface area (Å²) in [4.78, 5) is 13.6. The van der Waals surface area contributed by atoms with Gasteiger partial charge in [0, 0.05) is 137 Å². The summed E-state index contributed by atoms with van der Waals surface area (Å²) < 4.78 is 24.4. The van der Waals surface area contributed by atoms with Gasteiger partial charge >= 0.3 is 0 Å². The smallest absolute Gasteiger partial charge is 0.143 e. The first-order valence-electron chi connectivity index (χ1n) is 42.4. The summed E-state index contributed by atoms with van der Waals surface area (Å²) in [6.07, 6.45) is 8.85. The minimum Gasteiger partial charge on any atom is -0.456 e. The van der Waals surface area contributed by atoms with Crippen molar-refractivity contribution in [2.24, 2.45) is 0 Å². The molecule has 8 heterocycles. The maximum absolute atomic E-state index is 6.36. The summed E-state index contributed by atoms with van der Waals surface area (Å²) >= 11 is 0. The molecule has 0 fully saturated rings. The number of hydrogen-bond donors (Lipinski definition) is 0. The minimum absolute atomic E-state index is 0. The molecule has 0 saturated heterocycles. The molecule has 0 aliphatic rings. The van der Waals surface area contributed by atoms with Crippen molar-refractivity contribution < 1.29 is 28.9 Å². The van der Waals surface area contributed by atoms with Crippen molar-refractivity contribution in [3.63, 3.8) is 0 Å². The van der Waals surface area contributed by atoms with Gasteiger partial charge in [-0.3, -0.25) is 4.98 Å². The first kappa shape index (κ1) is 76.6. The third-order valence-electron chi connectivity index (χ3n) is 24.6. The molecule has 0 aliphatic carbocycles. The predicted molar refractivity (Wildman–Crippen MR) is 511 cm³/mol. The van der Waals surface area contributed by atoms with Crippen molar-refractivity contribution in [2.45, 2.75) is 65.7 Å². The molecule has 8 aromatic heterocycles. The predicted octanol–water partition coefficient (Wildman–Crippen LogP) is 30.2. The van der Waals surface area contributed by atoms with Crippen LogP contribution in [0.2, 0.25) is 0 Å².